The first-order valence-electron chi connectivity index (χ1n) is 4.81. The van der Waals surface area contributed by atoms with Crippen molar-refractivity contribution in [1.29, 1.82) is 0 Å². The molecular weight excluding hydrogens is 230 g/mol. The van der Waals surface area contributed by atoms with Gasteiger partial charge in [0.25, 0.3) is 0 Å². The topological polar surface area (TPSA) is 0 Å². The van der Waals surface area contributed by atoms with E-state index in [2.05, 4.69) is 50.3 Å². The van der Waals surface area contributed by atoms with Crippen LogP contribution < -0.4 is 0 Å². The molecule has 0 nitrogen and oxygen atoms in total. The molecule has 1 aliphatic carbocycles. The molecule has 0 heterocycles. The van der Waals surface area contributed by atoms with Crippen LogP contribution in [-0.2, 0) is 20.2 Å². The number of hydrogen-bond donors (Lipinski definition) is 0. The van der Waals surface area contributed by atoms with Gasteiger partial charge in [-0.3, -0.25) is 0 Å². The van der Waals surface area contributed by atoms with E-state index in [1.807, 2.05) is 0 Å². The van der Waals surface area contributed by atoms with Crippen LogP contribution in [0.5, 0.6) is 0 Å². The fourth-order valence-corrected chi connectivity index (χ4v) is 1.68. The van der Waals surface area contributed by atoms with Gasteiger partial charge in [-0.2, -0.15) is 0 Å². The zero-order chi connectivity index (χ0) is 11.3. The number of allylic oxidation sites excluding steroid dienone is 1. The summed E-state index contributed by atoms with van der Waals surface area (Å²) in [6, 6.07) is 8.56. The Kier molecular flexibility index (Phi) is 5.20. The standard InChI is InChI=1S/C12H13.2FH.Ti/c1-9(2)11-8-7-10-5-3-4-6-12(10)11;;;/h3-9H,1-2H3;2*1H;/q;;;+2/p-2. The number of benzene rings is 1. The molecule has 1 aromatic rings. The Morgan fingerprint density at radius 1 is 1.07 bits per heavy atom. The number of hydrogen-bond acceptors (Lipinski definition) is 0. The normalized spacial score (nSPS) is 13.4. The molecule has 0 saturated carbocycles. The molecule has 0 bridgehead atoms. The van der Waals surface area contributed by atoms with Crippen LogP contribution in [-0.4, -0.2) is 0 Å². The summed E-state index contributed by atoms with van der Waals surface area (Å²) in [5.41, 5.74) is 2.77. The van der Waals surface area contributed by atoms with Gasteiger partial charge in [0.1, 0.15) is 0 Å². The molecule has 0 aromatic heterocycles. The van der Waals surface area contributed by atoms with E-state index in [-0.39, 0.29) is 0 Å². The summed E-state index contributed by atoms with van der Waals surface area (Å²) in [6.07, 6.45) is 4.43. The van der Waals surface area contributed by atoms with E-state index in [1.165, 1.54) is 17.0 Å². The van der Waals surface area contributed by atoms with E-state index in [1.54, 1.807) is 0 Å². The Morgan fingerprint density at radius 3 is 2.27 bits per heavy atom. The van der Waals surface area contributed by atoms with Gasteiger partial charge in [-0.15, -0.1) is 0 Å². The summed E-state index contributed by atoms with van der Waals surface area (Å²) >= 11 is -2.50. The maximum absolute atomic E-state index is 9.75. The second kappa shape index (κ2) is 6.19. The van der Waals surface area contributed by atoms with Crippen molar-refractivity contribution >= 4 is 6.08 Å². The van der Waals surface area contributed by atoms with E-state index in [9.17, 15) is 6.18 Å². The van der Waals surface area contributed by atoms with Crippen molar-refractivity contribution < 1.29 is 26.4 Å². The Hall–Kier alpha value is -0.466. The molecule has 0 aliphatic heterocycles. The first kappa shape index (κ1) is 12.6. The van der Waals surface area contributed by atoms with Crippen LogP contribution in [0.15, 0.2) is 30.3 Å². The Morgan fingerprint density at radius 2 is 1.67 bits per heavy atom. The van der Waals surface area contributed by atoms with Crippen molar-refractivity contribution in [1.82, 2.24) is 0 Å². The van der Waals surface area contributed by atoms with Gasteiger partial charge in [0.2, 0.25) is 0 Å². The summed E-state index contributed by atoms with van der Waals surface area (Å²) in [5.74, 6) is 2.09. The summed E-state index contributed by atoms with van der Waals surface area (Å²) < 4.78 is 19.5. The van der Waals surface area contributed by atoms with Crippen molar-refractivity contribution in [3.8, 4) is 0 Å². The molecule has 0 atom stereocenters. The number of fused-ring (bicyclic) bond motifs is 1. The quantitative estimate of drug-likeness (QED) is 0.650. The van der Waals surface area contributed by atoms with Gasteiger partial charge in [-0.05, 0) is 17.0 Å². The summed E-state index contributed by atoms with van der Waals surface area (Å²) in [6.45, 7) is 4.48. The van der Waals surface area contributed by atoms with Gasteiger partial charge in [0, 0.05) is 5.92 Å². The fraction of sp³-hybridized carbons (Fsp3) is 0.250. The number of rotatable bonds is 1. The van der Waals surface area contributed by atoms with Gasteiger partial charge in [0.05, 0.1) is 0 Å². The van der Waals surface area contributed by atoms with Crippen molar-refractivity contribution in [3.05, 3.63) is 47.4 Å². The molecule has 3 heteroatoms. The SMILES string of the molecule is CC(C)[C]1C=Cc2ccccc21.[F][Ti][F]. The van der Waals surface area contributed by atoms with Crippen LogP contribution >= 0.6 is 0 Å². The first-order valence-corrected chi connectivity index (χ1v) is 5.99. The van der Waals surface area contributed by atoms with Gasteiger partial charge in [-0.1, -0.05) is 50.3 Å². The Bertz CT molecular complexity index is 334. The third kappa shape index (κ3) is 3.25. The summed E-state index contributed by atoms with van der Waals surface area (Å²) in [5, 5.41) is 0. The van der Waals surface area contributed by atoms with Crippen LogP contribution in [0.25, 0.3) is 6.08 Å². The van der Waals surface area contributed by atoms with E-state index in [0.717, 1.165) is 0 Å². The maximum atomic E-state index is 9.75. The summed E-state index contributed by atoms with van der Waals surface area (Å²) in [7, 11) is 0. The van der Waals surface area contributed by atoms with Crippen molar-refractivity contribution in [2.24, 2.45) is 5.92 Å². The van der Waals surface area contributed by atoms with Crippen molar-refractivity contribution in [2.75, 3.05) is 0 Å². The van der Waals surface area contributed by atoms with E-state index < -0.39 is 20.2 Å². The van der Waals surface area contributed by atoms with Gasteiger partial charge >= 0.3 is 26.4 Å². The average Bonchev–Trinajstić information content (AvgIpc) is 2.62. The van der Waals surface area contributed by atoms with Crippen LogP contribution in [0.2, 0.25) is 0 Å². The predicted molar refractivity (Wildman–Crippen MR) is 54.9 cm³/mol. The van der Waals surface area contributed by atoms with Gasteiger partial charge < -0.3 is 0 Å². The van der Waals surface area contributed by atoms with Crippen molar-refractivity contribution in [3.63, 3.8) is 0 Å². The molecule has 1 radical (unpaired) electrons. The third-order valence-corrected chi connectivity index (χ3v) is 2.34. The van der Waals surface area contributed by atoms with Crippen LogP contribution in [0.4, 0.5) is 6.18 Å². The molecule has 2 rings (SSSR count). The molecule has 15 heavy (non-hydrogen) atoms. The molecule has 1 aromatic carbocycles. The Balaban J connectivity index is 0.000000337. The second-order valence-electron chi connectivity index (χ2n) is 3.60. The molecule has 1 aliphatic rings. The van der Waals surface area contributed by atoms with Crippen LogP contribution in [0.1, 0.15) is 25.0 Å². The predicted octanol–water partition coefficient (Wildman–Crippen LogP) is 4.13. The minimum atomic E-state index is -2.50. The summed E-state index contributed by atoms with van der Waals surface area (Å²) in [4.78, 5) is 0. The monoisotopic (exact) mass is 243 g/mol. The van der Waals surface area contributed by atoms with E-state index in [0.29, 0.717) is 5.92 Å². The molecule has 0 unspecified atom stereocenters. The zero-order valence-corrected chi connectivity index (χ0v) is 10.4. The van der Waals surface area contributed by atoms with E-state index >= 15 is 0 Å². The van der Waals surface area contributed by atoms with Crippen molar-refractivity contribution in [2.45, 2.75) is 13.8 Å². The van der Waals surface area contributed by atoms with Gasteiger partial charge in [0.15, 0.2) is 0 Å². The molecule has 0 saturated heterocycles. The second-order valence-corrected chi connectivity index (χ2v) is 3.83. The average molecular weight is 243 g/mol. The van der Waals surface area contributed by atoms with Crippen LogP contribution in [0, 0.1) is 11.8 Å². The number of halogens is 2. The Labute approximate surface area is 99.7 Å². The molecule has 0 spiro atoms. The van der Waals surface area contributed by atoms with Gasteiger partial charge in [-0.25, -0.2) is 0 Å². The molecule has 0 fully saturated rings. The van der Waals surface area contributed by atoms with E-state index in [4.69, 9.17) is 0 Å². The zero-order valence-electron chi connectivity index (χ0n) is 8.80. The fourth-order valence-electron chi connectivity index (χ4n) is 1.68. The molecule has 0 amide bonds. The minimum absolute atomic E-state index is 0.630. The third-order valence-electron chi connectivity index (χ3n) is 2.34. The van der Waals surface area contributed by atoms with Crippen LogP contribution in [0.3, 0.4) is 0 Å². The first-order chi connectivity index (χ1) is 7.20. The molecule has 0 N–H and O–H groups in total. The molecular formula is C12H13F2Ti. The molecule has 79 valence electrons.